The highest BCUT2D eigenvalue weighted by atomic mass is 32.2. The van der Waals surface area contributed by atoms with Crippen LogP contribution in [0.15, 0.2) is 0 Å². The van der Waals surface area contributed by atoms with Gasteiger partial charge in [0.1, 0.15) is 5.78 Å². The molecule has 0 saturated heterocycles. The van der Waals surface area contributed by atoms with E-state index in [-0.39, 0.29) is 36.3 Å². The molecule has 0 aromatic carbocycles. The first-order valence-corrected chi connectivity index (χ1v) is 7.62. The van der Waals surface area contributed by atoms with Crippen LogP contribution in [0.1, 0.15) is 47.5 Å². The van der Waals surface area contributed by atoms with E-state index in [1.165, 1.54) is 0 Å². The van der Waals surface area contributed by atoms with E-state index in [1.807, 2.05) is 13.8 Å². The second-order valence-corrected chi connectivity index (χ2v) is 8.69. The molecule has 0 rings (SSSR count). The lowest BCUT2D eigenvalue weighted by atomic mass is 9.99. The average molecular weight is 263 g/mol. The molecule has 17 heavy (non-hydrogen) atoms. The molecule has 5 heteroatoms. The zero-order valence-electron chi connectivity index (χ0n) is 11.5. The van der Waals surface area contributed by atoms with Crippen molar-refractivity contribution in [2.45, 2.75) is 58.2 Å². The van der Waals surface area contributed by atoms with E-state index in [0.29, 0.717) is 0 Å². The number of carbonyl (C=O) groups excluding carboxylic acids is 1. The van der Waals surface area contributed by atoms with Crippen LogP contribution >= 0.6 is 0 Å². The maximum absolute atomic E-state index is 11.8. The Kier molecular flexibility index (Phi) is 5.81. The van der Waals surface area contributed by atoms with Crippen molar-refractivity contribution < 1.29 is 13.2 Å². The lowest BCUT2D eigenvalue weighted by Crippen LogP contribution is -2.33. The van der Waals surface area contributed by atoms with Crippen LogP contribution in [-0.4, -0.2) is 30.7 Å². The fraction of sp³-hybridized carbons (Fsp3) is 0.917. The minimum Gasteiger partial charge on any atom is -0.327 e. The standard InChI is InChI=1S/C12H25NO3S/c1-9(2)11(13)8-10(14)6-7-17(15,16)12(3,4)5/h9,11H,6-8,13H2,1-5H3. The van der Waals surface area contributed by atoms with E-state index in [2.05, 4.69) is 0 Å². The van der Waals surface area contributed by atoms with E-state index in [4.69, 9.17) is 5.73 Å². The summed E-state index contributed by atoms with van der Waals surface area (Å²) in [6.07, 6.45) is 0.331. The van der Waals surface area contributed by atoms with Crippen molar-refractivity contribution in [1.82, 2.24) is 0 Å². The minimum atomic E-state index is -3.21. The van der Waals surface area contributed by atoms with E-state index < -0.39 is 14.6 Å². The lowest BCUT2D eigenvalue weighted by molar-refractivity contribution is -0.119. The van der Waals surface area contributed by atoms with Gasteiger partial charge in [-0.25, -0.2) is 8.42 Å². The number of hydrogen-bond acceptors (Lipinski definition) is 4. The van der Waals surface area contributed by atoms with Gasteiger partial charge in [0.05, 0.1) is 10.5 Å². The van der Waals surface area contributed by atoms with E-state index in [9.17, 15) is 13.2 Å². The summed E-state index contributed by atoms with van der Waals surface area (Å²) in [7, 11) is -3.21. The molecule has 0 aromatic heterocycles. The zero-order chi connectivity index (χ0) is 13.9. The maximum Gasteiger partial charge on any atom is 0.155 e. The van der Waals surface area contributed by atoms with Crippen LogP contribution in [0.4, 0.5) is 0 Å². The highest BCUT2D eigenvalue weighted by Gasteiger charge is 2.29. The van der Waals surface area contributed by atoms with E-state index >= 15 is 0 Å². The molecule has 0 aliphatic heterocycles. The molecule has 0 heterocycles. The molecule has 0 amide bonds. The fourth-order valence-electron chi connectivity index (χ4n) is 1.16. The van der Waals surface area contributed by atoms with Crippen LogP contribution in [0, 0.1) is 5.92 Å². The summed E-state index contributed by atoms with van der Waals surface area (Å²) < 4.78 is 22.8. The number of Topliss-reactive ketones (excluding diaryl/α,β-unsaturated/α-hetero) is 1. The normalized spacial score (nSPS) is 15.0. The second kappa shape index (κ2) is 5.96. The van der Waals surface area contributed by atoms with Gasteiger partial charge in [0.15, 0.2) is 9.84 Å². The van der Waals surface area contributed by atoms with Gasteiger partial charge >= 0.3 is 0 Å². The number of sulfone groups is 1. The summed E-state index contributed by atoms with van der Waals surface area (Å²) in [5.74, 6) is 0.0809. The molecule has 0 aliphatic carbocycles. The van der Waals surface area contributed by atoms with Gasteiger partial charge in [-0.15, -0.1) is 0 Å². The predicted molar refractivity (Wildman–Crippen MR) is 70.6 cm³/mol. The summed E-state index contributed by atoms with van der Waals surface area (Å²) in [6.45, 7) is 8.83. The van der Waals surface area contributed by atoms with Gasteiger partial charge in [0.2, 0.25) is 0 Å². The minimum absolute atomic E-state index is 0.0695. The van der Waals surface area contributed by atoms with Crippen molar-refractivity contribution in [2.75, 3.05) is 5.75 Å². The molecule has 102 valence electrons. The Morgan fingerprint density at radius 1 is 1.24 bits per heavy atom. The van der Waals surface area contributed by atoms with Gasteiger partial charge < -0.3 is 5.73 Å². The number of rotatable bonds is 6. The summed E-state index contributed by atoms with van der Waals surface area (Å²) >= 11 is 0. The number of ketones is 1. The molecular formula is C12H25NO3S. The lowest BCUT2D eigenvalue weighted by Gasteiger charge is -2.19. The second-order valence-electron chi connectivity index (χ2n) is 5.83. The Balaban J connectivity index is 4.28. The van der Waals surface area contributed by atoms with Gasteiger partial charge in [-0.1, -0.05) is 13.8 Å². The molecule has 0 saturated carbocycles. The van der Waals surface area contributed by atoms with Gasteiger partial charge in [-0.2, -0.15) is 0 Å². The summed E-state index contributed by atoms with van der Waals surface area (Å²) in [5, 5.41) is 0. The topological polar surface area (TPSA) is 77.2 Å². The average Bonchev–Trinajstić information content (AvgIpc) is 2.12. The smallest absolute Gasteiger partial charge is 0.155 e. The maximum atomic E-state index is 11.8. The van der Waals surface area contributed by atoms with Crippen molar-refractivity contribution in [3.8, 4) is 0 Å². The third-order valence-corrected chi connectivity index (χ3v) is 5.51. The molecular weight excluding hydrogens is 238 g/mol. The Morgan fingerprint density at radius 2 is 1.71 bits per heavy atom. The van der Waals surface area contributed by atoms with Gasteiger partial charge in [0.25, 0.3) is 0 Å². The van der Waals surface area contributed by atoms with Crippen LogP contribution in [0.25, 0.3) is 0 Å². The Bertz CT molecular complexity index is 352. The molecule has 0 aliphatic rings. The molecule has 1 atom stereocenters. The third-order valence-electron chi connectivity index (χ3n) is 2.90. The van der Waals surface area contributed by atoms with Crippen molar-refractivity contribution in [3.63, 3.8) is 0 Å². The molecule has 0 fully saturated rings. The summed E-state index contributed by atoms with van der Waals surface area (Å²) in [6, 6.07) is -0.181. The molecule has 4 nitrogen and oxygen atoms in total. The first-order valence-electron chi connectivity index (χ1n) is 5.97. The Morgan fingerprint density at radius 3 is 2.06 bits per heavy atom. The van der Waals surface area contributed by atoms with Crippen molar-refractivity contribution in [2.24, 2.45) is 11.7 Å². The number of carbonyl (C=O) groups is 1. The highest BCUT2D eigenvalue weighted by Crippen LogP contribution is 2.17. The Labute approximate surface area is 105 Å². The monoisotopic (exact) mass is 263 g/mol. The first kappa shape index (κ1) is 16.6. The van der Waals surface area contributed by atoms with Crippen molar-refractivity contribution in [1.29, 1.82) is 0 Å². The molecule has 0 radical (unpaired) electrons. The van der Waals surface area contributed by atoms with Crippen molar-refractivity contribution >= 4 is 15.6 Å². The van der Waals surface area contributed by atoms with E-state index in [1.54, 1.807) is 20.8 Å². The first-order chi connectivity index (χ1) is 7.47. The SMILES string of the molecule is CC(C)C(N)CC(=O)CCS(=O)(=O)C(C)(C)C. The predicted octanol–water partition coefficient (Wildman–Crippen LogP) is 1.53. The van der Waals surface area contributed by atoms with Gasteiger partial charge in [-0.3, -0.25) is 4.79 Å². The number of nitrogens with two attached hydrogens (primary N) is 1. The Hall–Kier alpha value is -0.420. The van der Waals surface area contributed by atoms with Crippen LogP contribution < -0.4 is 5.73 Å². The van der Waals surface area contributed by atoms with Crippen LogP contribution in [0.2, 0.25) is 0 Å². The van der Waals surface area contributed by atoms with Gasteiger partial charge in [-0.05, 0) is 26.7 Å². The van der Waals surface area contributed by atoms with Crippen LogP contribution in [0.5, 0.6) is 0 Å². The van der Waals surface area contributed by atoms with Gasteiger partial charge in [0, 0.05) is 18.9 Å². The largest absolute Gasteiger partial charge is 0.327 e. The van der Waals surface area contributed by atoms with Crippen molar-refractivity contribution in [3.05, 3.63) is 0 Å². The summed E-state index contributed by atoms with van der Waals surface area (Å²) in [4.78, 5) is 11.6. The molecule has 0 aromatic rings. The van der Waals surface area contributed by atoms with Crippen LogP contribution in [-0.2, 0) is 14.6 Å². The zero-order valence-corrected chi connectivity index (χ0v) is 12.3. The summed E-state index contributed by atoms with van der Waals surface area (Å²) in [5.41, 5.74) is 5.77. The van der Waals surface area contributed by atoms with Crippen LogP contribution in [0.3, 0.4) is 0 Å². The highest BCUT2D eigenvalue weighted by molar-refractivity contribution is 7.92. The molecule has 0 bridgehead atoms. The van der Waals surface area contributed by atoms with E-state index in [0.717, 1.165) is 0 Å². The fourth-order valence-corrected chi connectivity index (χ4v) is 2.26. The molecule has 2 N–H and O–H groups in total. The molecule has 1 unspecified atom stereocenters. The molecule has 0 spiro atoms. The quantitative estimate of drug-likeness (QED) is 0.788. The third kappa shape index (κ3) is 5.64. The number of hydrogen-bond donors (Lipinski definition) is 1.